The minimum Gasteiger partial charge on any atom is -0.479 e. The van der Waals surface area contributed by atoms with E-state index >= 15 is 0 Å². The van der Waals surface area contributed by atoms with E-state index < -0.39 is 12.6 Å². The van der Waals surface area contributed by atoms with Gasteiger partial charge in [0.05, 0.1) is 0 Å². The topological polar surface area (TPSA) is 59.4 Å². The first-order chi connectivity index (χ1) is 6.63. The van der Waals surface area contributed by atoms with Gasteiger partial charge in [0.25, 0.3) is 0 Å². The molecule has 4 heteroatoms. The van der Waals surface area contributed by atoms with Crippen LogP contribution in [0.1, 0.15) is 11.4 Å². The zero-order chi connectivity index (χ0) is 10.6. The summed E-state index contributed by atoms with van der Waals surface area (Å²) >= 11 is 0. The summed E-state index contributed by atoms with van der Waals surface area (Å²) < 4.78 is 4.94. The number of pyridine rings is 1. The molecule has 0 fully saturated rings. The maximum Gasteiger partial charge on any atom is 0.341 e. The highest BCUT2D eigenvalue weighted by molar-refractivity contribution is 5.68. The Hall–Kier alpha value is -2.02. The molecule has 0 aliphatic rings. The maximum absolute atomic E-state index is 10.2. The summed E-state index contributed by atoms with van der Waals surface area (Å²) in [5.74, 6) is 1.60. The van der Waals surface area contributed by atoms with Crippen molar-refractivity contribution in [2.24, 2.45) is 0 Å². The minimum absolute atomic E-state index is 0.320. The van der Waals surface area contributed by atoms with E-state index in [0.29, 0.717) is 11.4 Å². The van der Waals surface area contributed by atoms with Gasteiger partial charge in [0.2, 0.25) is 0 Å². The van der Waals surface area contributed by atoms with E-state index in [2.05, 4.69) is 10.9 Å². The molecule has 0 radical (unpaired) electrons. The number of ether oxygens (including phenoxy) is 1. The Morgan fingerprint density at radius 2 is 2.43 bits per heavy atom. The summed E-state index contributed by atoms with van der Waals surface area (Å²) in [5, 5.41) is 8.40. The Morgan fingerprint density at radius 3 is 3.00 bits per heavy atom. The monoisotopic (exact) mass is 191 g/mol. The van der Waals surface area contributed by atoms with Gasteiger partial charge >= 0.3 is 5.97 Å². The summed E-state index contributed by atoms with van der Waals surface area (Å²) in [5.41, 5.74) is 1.09. The van der Waals surface area contributed by atoms with Crippen LogP contribution in [0.3, 0.4) is 0 Å². The van der Waals surface area contributed by atoms with Gasteiger partial charge in [0.1, 0.15) is 0 Å². The van der Waals surface area contributed by atoms with Gasteiger partial charge < -0.3 is 9.84 Å². The van der Waals surface area contributed by atoms with Crippen LogP contribution in [0.15, 0.2) is 12.1 Å². The van der Waals surface area contributed by atoms with Crippen molar-refractivity contribution in [2.75, 3.05) is 6.61 Å². The highest BCUT2D eigenvalue weighted by atomic mass is 16.5. The summed E-state index contributed by atoms with van der Waals surface area (Å²) in [6, 6.07) is 3.32. The molecule has 0 amide bonds. The van der Waals surface area contributed by atoms with Gasteiger partial charge in [-0.3, -0.25) is 0 Å². The van der Waals surface area contributed by atoms with Crippen molar-refractivity contribution in [2.45, 2.75) is 6.92 Å². The molecule has 0 bridgehead atoms. The number of terminal acetylenes is 1. The first-order valence-corrected chi connectivity index (χ1v) is 3.92. The second-order valence-electron chi connectivity index (χ2n) is 2.63. The fourth-order valence-electron chi connectivity index (χ4n) is 0.903. The fourth-order valence-corrected chi connectivity index (χ4v) is 0.903. The van der Waals surface area contributed by atoms with Crippen molar-refractivity contribution < 1.29 is 14.6 Å². The van der Waals surface area contributed by atoms with Gasteiger partial charge in [0.15, 0.2) is 18.1 Å². The van der Waals surface area contributed by atoms with E-state index in [-0.39, 0.29) is 0 Å². The van der Waals surface area contributed by atoms with E-state index in [1.807, 2.05) is 0 Å². The third-order valence-electron chi connectivity index (χ3n) is 1.49. The SMILES string of the molecule is C#Cc1nc(C)ccc1OCC(=O)O. The number of aryl methyl sites for hydroxylation is 1. The summed E-state index contributed by atoms with van der Waals surface area (Å²) in [6.07, 6.45) is 5.19. The zero-order valence-electron chi connectivity index (χ0n) is 7.65. The molecule has 1 N–H and O–H groups in total. The van der Waals surface area contributed by atoms with Crippen LogP contribution in [0, 0.1) is 19.3 Å². The van der Waals surface area contributed by atoms with E-state index in [1.54, 1.807) is 19.1 Å². The highest BCUT2D eigenvalue weighted by Gasteiger charge is 2.05. The van der Waals surface area contributed by atoms with Crippen LogP contribution in [0.4, 0.5) is 0 Å². The first-order valence-electron chi connectivity index (χ1n) is 3.92. The Balaban J connectivity index is 2.87. The predicted molar refractivity (Wildman–Crippen MR) is 50.0 cm³/mol. The zero-order valence-corrected chi connectivity index (χ0v) is 7.65. The molecule has 0 atom stereocenters. The van der Waals surface area contributed by atoms with Crippen molar-refractivity contribution in [3.8, 4) is 18.1 Å². The fraction of sp³-hybridized carbons (Fsp3) is 0.200. The number of nitrogens with zero attached hydrogens (tertiary/aromatic N) is 1. The standard InChI is InChI=1S/C10H9NO3/c1-3-8-9(14-6-10(12)13)5-4-7(2)11-8/h1,4-5H,6H2,2H3,(H,12,13). The van der Waals surface area contributed by atoms with Crippen molar-refractivity contribution in [1.82, 2.24) is 4.98 Å². The number of hydrogen-bond donors (Lipinski definition) is 1. The molecule has 14 heavy (non-hydrogen) atoms. The molecule has 1 heterocycles. The Kier molecular flexibility index (Phi) is 3.08. The van der Waals surface area contributed by atoms with Gasteiger partial charge in [-0.15, -0.1) is 6.42 Å². The van der Waals surface area contributed by atoms with Crippen molar-refractivity contribution in [1.29, 1.82) is 0 Å². The van der Waals surface area contributed by atoms with Crippen LogP contribution >= 0.6 is 0 Å². The molecule has 1 rings (SSSR count). The average Bonchev–Trinajstić information content (AvgIpc) is 2.15. The lowest BCUT2D eigenvalue weighted by molar-refractivity contribution is -0.139. The molecule has 0 saturated heterocycles. The largest absolute Gasteiger partial charge is 0.479 e. The molecular formula is C10H9NO3. The van der Waals surface area contributed by atoms with Crippen molar-refractivity contribution >= 4 is 5.97 Å². The minimum atomic E-state index is -1.05. The molecule has 0 aliphatic heterocycles. The lowest BCUT2D eigenvalue weighted by Crippen LogP contribution is -2.10. The number of aliphatic carboxylic acids is 1. The van der Waals surface area contributed by atoms with Crippen LogP contribution < -0.4 is 4.74 Å². The molecule has 0 unspecified atom stereocenters. The molecule has 72 valence electrons. The normalized spacial score (nSPS) is 9.14. The van der Waals surface area contributed by atoms with Gasteiger partial charge in [-0.1, -0.05) is 0 Å². The van der Waals surface area contributed by atoms with Crippen molar-refractivity contribution in [3.63, 3.8) is 0 Å². The van der Waals surface area contributed by atoms with E-state index in [1.165, 1.54) is 0 Å². The van der Waals surface area contributed by atoms with Gasteiger partial charge in [-0.2, -0.15) is 0 Å². The molecule has 1 aromatic rings. The molecule has 4 nitrogen and oxygen atoms in total. The van der Waals surface area contributed by atoms with Crippen LogP contribution in [-0.2, 0) is 4.79 Å². The average molecular weight is 191 g/mol. The number of carboxylic acid groups (broad SMARTS) is 1. The van der Waals surface area contributed by atoms with Crippen LogP contribution in [0.25, 0.3) is 0 Å². The van der Waals surface area contributed by atoms with Crippen LogP contribution in [0.2, 0.25) is 0 Å². The van der Waals surface area contributed by atoms with Crippen LogP contribution in [0.5, 0.6) is 5.75 Å². The van der Waals surface area contributed by atoms with Gasteiger partial charge in [-0.05, 0) is 25.0 Å². The van der Waals surface area contributed by atoms with E-state index in [0.717, 1.165) is 5.69 Å². The maximum atomic E-state index is 10.2. The number of carbonyl (C=O) groups is 1. The lowest BCUT2D eigenvalue weighted by Gasteiger charge is -2.05. The van der Waals surface area contributed by atoms with Crippen LogP contribution in [-0.4, -0.2) is 22.7 Å². The predicted octanol–water partition coefficient (Wildman–Crippen LogP) is 0.835. The number of carboxylic acids is 1. The summed E-state index contributed by atoms with van der Waals surface area (Å²) in [7, 11) is 0. The molecule has 0 aliphatic carbocycles. The molecule has 0 spiro atoms. The number of rotatable bonds is 3. The van der Waals surface area contributed by atoms with Gasteiger partial charge in [-0.25, -0.2) is 9.78 Å². The van der Waals surface area contributed by atoms with E-state index in [9.17, 15) is 4.79 Å². The summed E-state index contributed by atoms with van der Waals surface area (Å²) in [4.78, 5) is 14.3. The Bertz CT molecular complexity index is 393. The Morgan fingerprint density at radius 1 is 1.71 bits per heavy atom. The Labute approximate surface area is 81.5 Å². The second-order valence-corrected chi connectivity index (χ2v) is 2.63. The molecule has 0 saturated carbocycles. The third-order valence-corrected chi connectivity index (χ3v) is 1.49. The third kappa shape index (κ3) is 2.49. The molecular weight excluding hydrogens is 182 g/mol. The first kappa shape index (κ1) is 10.1. The summed E-state index contributed by atoms with van der Waals surface area (Å²) in [6.45, 7) is 1.38. The number of hydrogen-bond acceptors (Lipinski definition) is 3. The van der Waals surface area contributed by atoms with Crippen molar-refractivity contribution in [3.05, 3.63) is 23.5 Å². The smallest absolute Gasteiger partial charge is 0.341 e. The van der Waals surface area contributed by atoms with Gasteiger partial charge in [0, 0.05) is 5.69 Å². The number of aromatic nitrogens is 1. The molecule has 0 aromatic carbocycles. The molecule has 1 aromatic heterocycles. The lowest BCUT2D eigenvalue weighted by atomic mass is 10.3. The second kappa shape index (κ2) is 4.28. The highest BCUT2D eigenvalue weighted by Crippen LogP contribution is 2.15. The quantitative estimate of drug-likeness (QED) is 0.719. The van der Waals surface area contributed by atoms with E-state index in [4.69, 9.17) is 16.3 Å².